The van der Waals surface area contributed by atoms with Crippen LogP contribution in [0.5, 0.6) is 0 Å². The minimum Gasteiger partial charge on any atom is -0.337 e. The van der Waals surface area contributed by atoms with Crippen LogP contribution >= 0.6 is 0 Å². The van der Waals surface area contributed by atoms with E-state index in [9.17, 15) is 4.79 Å². The number of carbonyl (C=O) groups is 1. The van der Waals surface area contributed by atoms with Crippen LogP contribution in [-0.4, -0.2) is 66.4 Å². The van der Waals surface area contributed by atoms with Crippen molar-refractivity contribution in [3.05, 3.63) is 65.5 Å². The van der Waals surface area contributed by atoms with Crippen molar-refractivity contribution in [2.24, 2.45) is 19.5 Å². The molecule has 5 rings (SSSR count). The van der Waals surface area contributed by atoms with Gasteiger partial charge in [0.2, 0.25) is 0 Å². The highest BCUT2D eigenvalue weighted by atomic mass is 16.2. The number of nitrogens with zero attached hydrogens (tertiary/aromatic N) is 7. The van der Waals surface area contributed by atoms with E-state index in [4.69, 9.17) is 0 Å². The smallest absolute Gasteiger partial charge is 0.272 e. The van der Waals surface area contributed by atoms with Crippen molar-refractivity contribution in [1.29, 1.82) is 0 Å². The third-order valence-corrected chi connectivity index (χ3v) is 7.29. The fourth-order valence-electron chi connectivity index (χ4n) is 5.63. The lowest BCUT2D eigenvalue weighted by Gasteiger charge is -2.42. The lowest BCUT2D eigenvalue weighted by molar-refractivity contribution is 0.0545. The van der Waals surface area contributed by atoms with E-state index in [1.54, 1.807) is 11.0 Å². The molecule has 0 radical (unpaired) electrons. The SMILES string of the molecule is Cc1cc(C(=O)N2CCC3(CC2)CN(Cc2ccccc2)CC3c2nncn2C)n(C)n1. The van der Waals surface area contributed by atoms with Crippen molar-refractivity contribution in [2.75, 3.05) is 26.2 Å². The van der Waals surface area contributed by atoms with Crippen LogP contribution in [0.15, 0.2) is 42.7 Å². The van der Waals surface area contributed by atoms with Gasteiger partial charge < -0.3 is 9.47 Å². The number of rotatable bonds is 4. The summed E-state index contributed by atoms with van der Waals surface area (Å²) in [7, 11) is 3.88. The maximum Gasteiger partial charge on any atom is 0.272 e. The summed E-state index contributed by atoms with van der Waals surface area (Å²) in [5, 5.41) is 13.0. The summed E-state index contributed by atoms with van der Waals surface area (Å²) in [5.41, 5.74) is 2.98. The van der Waals surface area contributed by atoms with Crippen LogP contribution in [0.1, 0.15) is 46.3 Å². The number of carbonyl (C=O) groups excluding carboxylic acids is 1. The van der Waals surface area contributed by atoms with Crippen molar-refractivity contribution in [3.63, 3.8) is 0 Å². The van der Waals surface area contributed by atoms with Crippen LogP contribution in [0.2, 0.25) is 0 Å². The van der Waals surface area contributed by atoms with Gasteiger partial charge in [0.05, 0.1) is 5.69 Å². The van der Waals surface area contributed by atoms with E-state index in [1.165, 1.54) is 5.56 Å². The minimum atomic E-state index is 0.0808. The molecule has 2 aromatic heterocycles. The quantitative estimate of drug-likeness (QED) is 0.632. The molecule has 32 heavy (non-hydrogen) atoms. The Morgan fingerprint density at radius 2 is 1.91 bits per heavy atom. The largest absolute Gasteiger partial charge is 0.337 e. The second kappa shape index (κ2) is 8.16. The fraction of sp³-hybridized carbons (Fsp3) is 0.500. The molecule has 1 aromatic carbocycles. The van der Waals surface area contributed by atoms with Crippen LogP contribution < -0.4 is 0 Å². The van der Waals surface area contributed by atoms with Gasteiger partial charge in [0, 0.05) is 52.7 Å². The molecule has 1 unspecified atom stereocenters. The Morgan fingerprint density at radius 1 is 1.16 bits per heavy atom. The third kappa shape index (κ3) is 3.72. The molecule has 2 fully saturated rings. The molecule has 168 valence electrons. The van der Waals surface area contributed by atoms with E-state index >= 15 is 0 Å². The van der Waals surface area contributed by atoms with Crippen LogP contribution in [0.3, 0.4) is 0 Å². The van der Waals surface area contributed by atoms with Crippen molar-refractivity contribution < 1.29 is 4.79 Å². The number of likely N-dealkylation sites (tertiary alicyclic amines) is 2. The first-order chi connectivity index (χ1) is 15.4. The standard InChI is InChI=1S/C24H31N7O/c1-18-13-21(29(3)27-18)23(32)31-11-9-24(10-12-31)16-30(14-19-7-5-4-6-8-19)15-20(24)22-26-25-17-28(22)2/h4-8,13,17,20H,9-12,14-16H2,1-3H3. The van der Waals surface area contributed by atoms with E-state index in [2.05, 4.69) is 55.1 Å². The second-order valence-electron chi connectivity index (χ2n) is 9.46. The Bertz CT molecular complexity index is 1090. The lowest BCUT2D eigenvalue weighted by Crippen LogP contribution is -2.46. The molecule has 8 nitrogen and oxygen atoms in total. The Balaban J connectivity index is 1.36. The highest BCUT2D eigenvalue weighted by Crippen LogP contribution is 2.49. The average Bonchev–Trinajstić information content (AvgIpc) is 3.45. The van der Waals surface area contributed by atoms with Crippen LogP contribution in [0.4, 0.5) is 0 Å². The molecule has 0 bridgehead atoms. The van der Waals surface area contributed by atoms with Crippen molar-refractivity contribution >= 4 is 5.91 Å². The first-order valence-corrected chi connectivity index (χ1v) is 11.4. The first-order valence-electron chi connectivity index (χ1n) is 11.4. The van der Waals surface area contributed by atoms with Crippen molar-refractivity contribution in [1.82, 2.24) is 34.3 Å². The molecule has 1 spiro atoms. The van der Waals surface area contributed by atoms with Gasteiger partial charge in [-0.3, -0.25) is 14.4 Å². The van der Waals surface area contributed by atoms with Crippen LogP contribution in [0.25, 0.3) is 0 Å². The van der Waals surface area contributed by atoms with Crippen LogP contribution in [0, 0.1) is 12.3 Å². The van der Waals surface area contributed by atoms with E-state index in [0.29, 0.717) is 11.6 Å². The zero-order valence-corrected chi connectivity index (χ0v) is 19.1. The molecule has 2 saturated heterocycles. The van der Waals surface area contributed by atoms with Crippen LogP contribution in [-0.2, 0) is 20.6 Å². The number of hydrogen-bond donors (Lipinski definition) is 0. The van der Waals surface area contributed by atoms with Gasteiger partial charge >= 0.3 is 0 Å². The Hall–Kier alpha value is -3.00. The highest BCUT2D eigenvalue weighted by Gasteiger charge is 2.50. The van der Waals surface area contributed by atoms with E-state index in [-0.39, 0.29) is 11.3 Å². The molecule has 1 atom stereocenters. The average molecular weight is 434 g/mol. The first kappa shape index (κ1) is 20.9. The maximum absolute atomic E-state index is 13.1. The number of aromatic nitrogens is 5. The van der Waals surface area contributed by atoms with Gasteiger partial charge in [-0.15, -0.1) is 10.2 Å². The Labute approximate surface area is 188 Å². The molecule has 8 heteroatoms. The summed E-state index contributed by atoms with van der Waals surface area (Å²) >= 11 is 0. The van der Waals surface area contributed by atoms with Gasteiger partial charge in [0.25, 0.3) is 5.91 Å². The third-order valence-electron chi connectivity index (χ3n) is 7.29. The topological polar surface area (TPSA) is 72.1 Å². The number of hydrogen-bond acceptors (Lipinski definition) is 5. The molecule has 4 heterocycles. The maximum atomic E-state index is 13.1. The van der Waals surface area contributed by atoms with Gasteiger partial charge in [0.15, 0.2) is 0 Å². The monoisotopic (exact) mass is 433 g/mol. The summed E-state index contributed by atoms with van der Waals surface area (Å²) in [6.45, 7) is 6.37. The molecule has 1 amide bonds. The molecular weight excluding hydrogens is 402 g/mol. The molecule has 0 saturated carbocycles. The predicted molar refractivity (Wildman–Crippen MR) is 121 cm³/mol. The summed E-state index contributed by atoms with van der Waals surface area (Å²) < 4.78 is 3.76. The Kier molecular flexibility index (Phi) is 5.33. The second-order valence-corrected chi connectivity index (χ2v) is 9.46. The Morgan fingerprint density at radius 3 is 2.53 bits per heavy atom. The predicted octanol–water partition coefficient (Wildman–Crippen LogP) is 2.38. The van der Waals surface area contributed by atoms with Gasteiger partial charge in [-0.25, -0.2) is 0 Å². The van der Waals surface area contributed by atoms with Gasteiger partial charge in [0.1, 0.15) is 17.8 Å². The zero-order valence-electron chi connectivity index (χ0n) is 19.1. The van der Waals surface area contributed by atoms with Gasteiger partial charge in [-0.1, -0.05) is 30.3 Å². The normalized spacial score (nSPS) is 20.8. The minimum absolute atomic E-state index is 0.0808. The summed E-state index contributed by atoms with van der Waals surface area (Å²) in [5.74, 6) is 1.45. The number of amides is 1. The molecule has 2 aliphatic rings. The van der Waals surface area contributed by atoms with Gasteiger partial charge in [-0.2, -0.15) is 5.10 Å². The fourth-order valence-corrected chi connectivity index (χ4v) is 5.63. The van der Waals surface area contributed by atoms with Crippen molar-refractivity contribution in [3.8, 4) is 0 Å². The summed E-state index contributed by atoms with van der Waals surface area (Å²) in [6.07, 6.45) is 3.74. The van der Waals surface area contributed by atoms with E-state index in [1.807, 2.05) is 32.0 Å². The molecule has 0 N–H and O–H groups in total. The van der Waals surface area contributed by atoms with E-state index in [0.717, 1.165) is 57.1 Å². The molecule has 3 aromatic rings. The lowest BCUT2D eigenvalue weighted by atomic mass is 9.70. The molecule has 2 aliphatic heterocycles. The zero-order chi connectivity index (χ0) is 22.3. The number of piperidine rings is 1. The molecule has 0 aliphatic carbocycles. The van der Waals surface area contributed by atoms with Gasteiger partial charge in [-0.05, 0) is 36.8 Å². The molecular formula is C24H31N7O. The summed E-state index contributed by atoms with van der Waals surface area (Å²) in [4.78, 5) is 17.7. The van der Waals surface area contributed by atoms with E-state index < -0.39 is 0 Å². The number of benzene rings is 1. The highest BCUT2D eigenvalue weighted by molar-refractivity contribution is 5.92. The summed E-state index contributed by atoms with van der Waals surface area (Å²) in [6, 6.07) is 12.5. The van der Waals surface area contributed by atoms with Crippen molar-refractivity contribution in [2.45, 2.75) is 32.2 Å². The number of aryl methyl sites for hydroxylation is 3.